The topological polar surface area (TPSA) is 110 Å². The van der Waals surface area contributed by atoms with E-state index in [2.05, 4.69) is 10.6 Å². The van der Waals surface area contributed by atoms with E-state index in [1.165, 1.54) is 10.4 Å². The largest absolute Gasteiger partial charge is 0.444 e. The van der Waals surface area contributed by atoms with Gasteiger partial charge in [-0.05, 0) is 69.4 Å². The average Bonchev–Trinajstić information content (AvgIpc) is 3.23. The molecule has 10 heteroatoms. The maximum absolute atomic E-state index is 13.9. The zero-order valence-corrected chi connectivity index (χ0v) is 24.6. The molecule has 2 amide bonds. The normalized spacial score (nSPS) is 13.9. The van der Waals surface area contributed by atoms with Crippen molar-refractivity contribution in [2.45, 2.75) is 71.2 Å². The number of ether oxygens (including phenoxy) is 1. The molecule has 0 saturated heterocycles. The summed E-state index contributed by atoms with van der Waals surface area (Å²) in [5.74, 6) is -0.394. The molecule has 4 rings (SSSR count). The first-order valence-corrected chi connectivity index (χ1v) is 14.9. The van der Waals surface area contributed by atoms with Crippen LogP contribution in [0.1, 0.15) is 59.2 Å². The Morgan fingerprint density at radius 2 is 1.65 bits per heavy atom. The lowest BCUT2D eigenvalue weighted by molar-refractivity contribution is 0.0526. The molecule has 1 aromatic heterocycles. The number of nitrogens with zero attached hydrogens (tertiary/aromatic N) is 2. The van der Waals surface area contributed by atoms with E-state index >= 15 is 0 Å². The summed E-state index contributed by atoms with van der Waals surface area (Å²) in [6, 6.07) is 17.0. The highest BCUT2D eigenvalue weighted by atomic mass is 32.2. The van der Waals surface area contributed by atoms with Crippen molar-refractivity contribution in [3.8, 4) is 0 Å². The number of aromatic nitrogens is 1. The molecule has 0 saturated carbocycles. The van der Waals surface area contributed by atoms with E-state index in [4.69, 9.17) is 4.74 Å². The third kappa shape index (κ3) is 6.74. The molecule has 0 aliphatic carbocycles. The standard InChI is InChI=1S/C30H38N4O5S/c1-21-10-6-7-12-24(21)19-32-28(35)26-18-27(22(2)34(26)17-15-31-29(36)39-30(3,4)5)40(37,38)33-16-14-23-11-8-9-13-25(23)20-33/h6-13,18H,14-17,19-20H2,1-5H3,(H,31,36)(H,32,35). The van der Waals surface area contributed by atoms with E-state index in [9.17, 15) is 18.0 Å². The van der Waals surface area contributed by atoms with Gasteiger partial charge in [0, 0.05) is 38.4 Å². The van der Waals surface area contributed by atoms with Crippen LogP contribution in [0.4, 0.5) is 4.79 Å². The first-order chi connectivity index (χ1) is 18.9. The number of carbonyl (C=O) groups is 2. The Bertz CT molecular complexity index is 1500. The van der Waals surface area contributed by atoms with Crippen LogP contribution in [0.25, 0.3) is 0 Å². The van der Waals surface area contributed by atoms with Crippen molar-refractivity contribution in [3.05, 3.63) is 88.2 Å². The van der Waals surface area contributed by atoms with Crippen LogP contribution in [0.3, 0.4) is 0 Å². The van der Waals surface area contributed by atoms with Crippen molar-refractivity contribution in [1.29, 1.82) is 0 Å². The van der Waals surface area contributed by atoms with Crippen molar-refractivity contribution in [2.24, 2.45) is 0 Å². The summed E-state index contributed by atoms with van der Waals surface area (Å²) in [5.41, 5.74) is 4.14. The number of carbonyl (C=O) groups excluding carboxylic acids is 2. The lowest BCUT2D eigenvalue weighted by Gasteiger charge is -2.28. The van der Waals surface area contributed by atoms with Crippen LogP contribution in [0.15, 0.2) is 59.5 Å². The van der Waals surface area contributed by atoms with Gasteiger partial charge in [-0.15, -0.1) is 0 Å². The summed E-state index contributed by atoms with van der Waals surface area (Å²) in [4.78, 5) is 25.7. The fourth-order valence-electron chi connectivity index (χ4n) is 4.83. The monoisotopic (exact) mass is 566 g/mol. The van der Waals surface area contributed by atoms with Crippen LogP contribution in [-0.4, -0.2) is 48.0 Å². The van der Waals surface area contributed by atoms with Crippen molar-refractivity contribution >= 4 is 22.0 Å². The highest BCUT2D eigenvalue weighted by molar-refractivity contribution is 7.89. The molecule has 0 radical (unpaired) electrons. The van der Waals surface area contributed by atoms with Crippen LogP contribution in [0, 0.1) is 13.8 Å². The lowest BCUT2D eigenvalue weighted by atomic mass is 10.0. The van der Waals surface area contributed by atoms with Gasteiger partial charge in [-0.1, -0.05) is 48.5 Å². The molecule has 1 aliphatic heterocycles. The Balaban J connectivity index is 1.60. The highest BCUT2D eigenvalue weighted by Gasteiger charge is 2.33. The quantitative estimate of drug-likeness (QED) is 0.422. The number of hydrogen-bond acceptors (Lipinski definition) is 5. The minimum Gasteiger partial charge on any atom is -0.444 e. The number of aryl methyl sites for hydroxylation is 1. The van der Waals surface area contributed by atoms with Gasteiger partial charge in [-0.3, -0.25) is 4.79 Å². The molecule has 0 bridgehead atoms. The van der Waals surface area contributed by atoms with Crippen LogP contribution >= 0.6 is 0 Å². The zero-order valence-electron chi connectivity index (χ0n) is 23.8. The molecule has 0 unspecified atom stereocenters. The predicted octanol–water partition coefficient (Wildman–Crippen LogP) is 4.31. The van der Waals surface area contributed by atoms with E-state index < -0.39 is 27.6 Å². The molecular weight excluding hydrogens is 528 g/mol. The van der Waals surface area contributed by atoms with Gasteiger partial charge in [0.15, 0.2) is 0 Å². The van der Waals surface area contributed by atoms with Crippen molar-refractivity contribution in [2.75, 3.05) is 13.1 Å². The summed E-state index contributed by atoms with van der Waals surface area (Å²) in [6.45, 7) is 10.3. The first kappa shape index (κ1) is 29.4. The van der Waals surface area contributed by atoms with Gasteiger partial charge in [0.1, 0.15) is 16.2 Å². The van der Waals surface area contributed by atoms with E-state index in [1.807, 2.05) is 55.5 Å². The van der Waals surface area contributed by atoms with Gasteiger partial charge < -0.3 is 19.9 Å². The molecule has 40 heavy (non-hydrogen) atoms. The molecule has 214 valence electrons. The third-order valence-corrected chi connectivity index (χ3v) is 8.93. The van der Waals surface area contributed by atoms with Gasteiger partial charge in [0.05, 0.1) is 0 Å². The molecule has 2 N–H and O–H groups in total. The second-order valence-corrected chi connectivity index (χ2v) is 12.9. The van der Waals surface area contributed by atoms with Crippen molar-refractivity contribution in [3.63, 3.8) is 0 Å². The molecule has 2 aromatic carbocycles. The maximum Gasteiger partial charge on any atom is 0.407 e. The second kappa shape index (κ2) is 11.9. The van der Waals surface area contributed by atoms with Gasteiger partial charge in [0.25, 0.3) is 5.91 Å². The molecule has 3 aromatic rings. The van der Waals surface area contributed by atoms with Gasteiger partial charge in [-0.2, -0.15) is 4.31 Å². The van der Waals surface area contributed by atoms with Crippen LogP contribution in [-0.2, 0) is 40.8 Å². The minimum absolute atomic E-state index is 0.0881. The zero-order chi connectivity index (χ0) is 29.1. The number of amides is 2. The van der Waals surface area contributed by atoms with Gasteiger partial charge >= 0.3 is 6.09 Å². The summed E-state index contributed by atoms with van der Waals surface area (Å²) in [5, 5.41) is 5.63. The predicted molar refractivity (Wildman–Crippen MR) is 153 cm³/mol. The number of nitrogens with one attached hydrogen (secondary N) is 2. The smallest absolute Gasteiger partial charge is 0.407 e. The van der Waals surface area contributed by atoms with E-state index in [0.29, 0.717) is 25.2 Å². The van der Waals surface area contributed by atoms with Crippen LogP contribution < -0.4 is 10.6 Å². The number of fused-ring (bicyclic) bond motifs is 1. The van der Waals surface area contributed by atoms with E-state index in [0.717, 1.165) is 22.3 Å². The van der Waals surface area contributed by atoms with E-state index in [-0.39, 0.29) is 30.2 Å². The number of alkyl carbamates (subject to hydrolysis) is 1. The molecule has 1 aliphatic rings. The molecule has 9 nitrogen and oxygen atoms in total. The molecule has 2 heterocycles. The Morgan fingerprint density at radius 1 is 0.975 bits per heavy atom. The average molecular weight is 567 g/mol. The molecular formula is C30H38N4O5S. The van der Waals surface area contributed by atoms with Crippen molar-refractivity contribution in [1.82, 2.24) is 19.5 Å². The molecule has 0 fully saturated rings. The fraction of sp³-hybridized carbons (Fsp3) is 0.400. The van der Waals surface area contributed by atoms with Gasteiger partial charge in [0.2, 0.25) is 10.0 Å². The SMILES string of the molecule is Cc1ccccc1CNC(=O)c1cc(S(=O)(=O)N2CCc3ccccc3C2)c(C)n1CCNC(=O)OC(C)(C)C. The van der Waals surface area contributed by atoms with Gasteiger partial charge in [-0.25, -0.2) is 13.2 Å². The van der Waals surface area contributed by atoms with Crippen LogP contribution in [0.2, 0.25) is 0 Å². The summed E-state index contributed by atoms with van der Waals surface area (Å²) < 4.78 is 36.1. The number of sulfonamides is 1. The maximum atomic E-state index is 13.9. The van der Waals surface area contributed by atoms with E-state index in [1.54, 1.807) is 32.3 Å². The first-order valence-electron chi connectivity index (χ1n) is 13.4. The molecule has 0 spiro atoms. The summed E-state index contributed by atoms with van der Waals surface area (Å²) >= 11 is 0. The second-order valence-electron chi connectivity index (χ2n) is 11.0. The molecule has 0 atom stereocenters. The third-order valence-electron chi connectivity index (χ3n) is 6.97. The minimum atomic E-state index is -3.89. The number of rotatable bonds is 8. The number of hydrogen-bond donors (Lipinski definition) is 2. The lowest BCUT2D eigenvalue weighted by Crippen LogP contribution is -2.36. The fourth-order valence-corrected chi connectivity index (χ4v) is 6.49. The Hall–Kier alpha value is -3.63. The van der Waals surface area contributed by atoms with Crippen molar-refractivity contribution < 1.29 is 22.7 Å². The Morgan fingerprint density at radius 3 is 2.35 bits per heavy atom. The summed E-state index contributed by atoms with van der Waals surface area (Å²) in [6.07, 6.45) is 0.0429. The highest BCUT2D eigenvalue weighted by Crippen LogP contribution is 2.29. The Kier molecular flexibility index (Phi) is 8.70. The number of benzene rings is 2. The van der Waals surface area contributed by atoms with Crippen LogP contribution in [0.5, 0.6) is 0 Å². The Labute approximate surface area is 236 Å². The summed E-state index contributed by atoms with van der Waals surface area (Å²) in [7, 11) is -3.89.